The fourth-order valence-electron chi connectivity index (χ4n) is 4.62. The Bertz CT molecular complexity index is 1240. The molecule has 35 heavy (non-hydrogen) atoms. The molecule has 180 valence electrons. The fraction of sp³-hybridized carbons (Fsp3) is 0.276. The van der Waals surface area contributed by atoms with Gasteiger partial charge in [-0.15, -0.1) is 0 Å². The molecule has 0 amide bonds. The number of fused-ring (bicyclic) bond motifs is 1. The molecule has 2 aromatic carbocycles. The van der Waals surface area contributed by atoms with Crippen LogP contribution in [0.5, 0.6) is 0 Å². The van der Waals surface area contributed by atoms with Crippen LogP contribution in [0.15, 0.2) is 89.1 Å². The Kier molecular flexibility index (Phi) is 7.32. The zero-order chi connectivity index (χ0) is 24.1. The van der Waals surface area contributed by atoms with Gasteiger partial charge in [0.1, 0.15) is 11.6 Å². The van der Waals surface area contributed by atoms with Gasteiger partial charge >= 0.3 is 0 Å². The molecule has 1 fully saturated rings. The molecule has 0 N–H and O–H groups in total. The summed E-state index contributed by atoms with van der Waals surface area (Å²) in [6.07, 6.45) is 12.5. The SMILES string of the molecule is COC1(c2cc(F)cc(Sc3ccc4c(c3)CC=C4O/C=C/Cc3ccncc3)c2)CCOCC1. The van der Waals surface area contributed by atoms with E-state index in [1.807, 2.05) is 18.2 Å². The van der Waals surface area contributed by atoms with Crippen molar-refractivity contribution in [2.24, 2.45) is 0 Å². The van der Waals surface area contributed by atoms with Crippen molar-refractivity contribution < 1.29 is 18.6 Å². The summed E-state index contributed by atoms with van der Waals surface area (Å²) in [4.78, 5) is 5.97. The van der Waals surface area contributed by atoms with Gasteiger partial charge in [0.05, 0.1) is 11.9 Å². The number of methoxy groups -OCH3 is 1. The summed E-state index contributed by atoms with van der Waals surface area (Å²) >= 11 is 1.57. The highest BCUT2D eigenvalue weighted by Gasteiger charge is 2.35. The molecule has 4 nitrogen and oxygen atoms in total. The van der Waals surface area contributed by atoms with Crippen molar-refractivity contribution in [3.63, 3.8) is 0 Å². The molecule has 5 rings (SSSR count). The number of hydrogen-bond acceptors (Lipinski definition) is 5. The quantitative estimate of drug-likeness (QED) is 0.330. The number of aromatic nitrogens is 1. The summed E-state index contributed by atoms with van der Waals surface area (Å²) in [5.41, 5.74) is 3.89. The molecule has 0 unspecified atom stereocenters. The molecule has 3 aromatic rings. The van der Waals surface area contributed by atoms with Crippen LogP contribution < -0.4 is 0 Å². The fourth-order valence-corrected chi connectivity index (χ4v) is 5.59. The lowest BCUT2D eigenvalue weighted by Gasteiger charge is -2.36. The molecular weight excluding hydrogens is 461 g/mol. The van der Waals surface area contributed by atoms with Gasteiger partial charge in [-0.25, -0.2) is 4.39 Å². The average Bonchev–Trinajstić information content (AvgIpc) is 3.29. The van der Waals surface area contributed by atoms with Crippen LogP contribution in [0.1, 0.15) is 35.1 Å². The third-order valence-corrected chi connectivity index (χ3v) is 7.53. The van der Waals surface area contributed by atoms with E-state index < -0.39 is 5.60 Å². The van der Waals surface area contributed by atoms with Crippen LogP contribution in [-0.4, -0.2) is 25.3 Å². The van der Waals surface area contributed by atoms with Gasteiger partial charge in [-0.1, -0.05) is 11.8 Å². The standard InChI is InChI=1S/C29H28FNO3S/c1-32-29(10-15-33-16-11-29)23-18-24(30)20-26(19-23)35-25-5-6-27-22(17-25)4-7-28(27)34-14-2-3-21-8-12-31-13-9-21/h2,5-9,12-14,17-20H,3-4,10-11,15-16H2,1H3/b14-2+. The minimum atomic E-state index is -0.491. The highest BCUT2D eigenvalue weighted by Crippen LogP contribution is 2.40. The van der Waals surface area contributed by atoms with E-state index in [4.69, 9.17) is 14.2 Å². The first-order chi connectivity index (χ1) is 17.1. The highest BCUT2D eigenvalue weighted by atomic mass is 32.2. The van der Waals surface area contributed by atoms with Crippen molar-refractivity contribution in [3.8, 4) is 0 Å². The first kappa shape index (κ1) is 23.8. The van der Waals surface area contributed by atoms with Gasteiger partial charge in [0, 0.05) is 60.9 Å². The summed E-state index contributed by atoms with van der Waals surface area (Å²) in [6.45, 7) is 1.24. The van der Waals surface area contributed by atoms with Gasteiger partial charge in [0.15, 0.2) is 0 Å². The smallest absolute Gasteiger partial charge is 0.130 e. The molecule has 6 heteroatoms. The summed E-state index contributed by atoms with van der Waals surface area (Å²) in [6, 6.07) is 15.5. The van der Waals surface area contributed by atoms with Crippen LogP contribution in [0.25, 0.3) is 5.76 Å². The molecule has 1 saturated heterocycles. The summed E-state index contributed by atoms with van der Waals surface area (Å²) < 4.78 is 31.9. The predicted octanol–water partition coefficient (Wildman–Crippen LogP) is 6.69. The average molecular weight is 490 g/mol. The largest absolute Gasteiger partial charge is 0.465 e. The van der Waals surface area contributed by atoms with Crippen LogP contribution in [0.4, 0.5) is 4.39 Å². The molecule has 0 atom stereocenters. The predicted molar refractivity (Wildman–Crippen MR) is 136 cm³/mol. The summed E-state index contributed by atoms with van der Waals surface area (Å²) in [7, 11) is 1.70. The molecule has 2 aliphatic rings. The number of benzene rings is 2. The van der Waals surface area contributed by atoms with Gasteiger partial charge in [-0.3, -0.25) is 4.98 Å². The van der Waals surface area contributed by atoms with Crippen LogP contribution in [-0.2, 0) is 32.7 Å². The number of rotatable bonds is 8. The molecule has 0 spiro atoms. The van der Waals surface area contributed by atoms with Gasteiger partial charge in [-0.05, 0) is 90.2 Å². The Morgan fingerprint density at radius 2 is 1.89 bits per heavy atom. The molecular formula is C29H28FNO3S. The first-order valence-corrected chi connectivity index (χ1v) is 12.6. The minimum Gasteiger partial charge on any atom is -0.465 e. The first-order valence-electron chi connectivity index (χ1n) is 11.8. The normalized spacial score (nSPS) is 16.8. The molecule has 0 bridgehead atoms. The third-order valence-electron chi connectivity index (χ3n) is 6.57. The third kappa shape index (κ3) is 5.50. The summed E-state index contributed by atoms with van der Waals surface area (Å²) in [5, 5.41) is 0. The van der Waals surface area contributed by atoms with Gasteiger partial charge in [0.25, 0.3) is 0 Å². The van der Waals surface area contributed by atoms with Crippen molar-refractivity contribution in [2.75, 3.05) is 20.3 Å². The molecule has 1 aromatic heterocycles. The lowest BCUT2D eigenvalue weighted by Crippen LogP contribution is -2.35. The Labute approximate surface area is 209 Å². The van der Waals surface area contributed by atoms with E-state index >= 15 is 0 Å². The molecule has 1 aliphatic carbocycles. The lowest BCUT2D eigenvalue weighted by atomic mass is 9.86. The van der Waals surface area contributed by atoms with Crippen LogP contribution >= 0.6 is 11.8 Å². The lowest BCUT2D eigenvalue weighted by molar-refractivity contribution is -0.0950. The van der Waals surface area contributed by atoms with E-state index in [1.54, 1.807) is 49.7 Å². The molecule has 1 aliphatic heterocycles. The highest BCUT2D eigenvalue weighted by molar-refractivity contribution is 7.99. The monoisotopic (exact) mass is 489 g/mol. The second kappa shape index (κ2) is 10.8. The van der Waals surface area contributed by atoms with E-state index in [-0.39, 0.29) is 5.82 Å². The number of hydrogen-bond donors (Lipinski definition) is 0. The van der Waals surface area contributed by atoms with E-state index in [9.17, 15) is 4.39 Å². The second-order valence-corrected chi connectivity index (χ2v) is 9.88. The Morgan fingerprint density at radius 3 is 2.69 bits per heavy atom. The number of allylic oxidation sites excluding steroid dienone is 2. The van der Waals surface area contributed by atoms with E-state index in [2.05, 4.69) is 35.3 Å². The molecule has 0 saturated carbocycles. The number of halogens is 1. The Morgan fingerprint density at radius 1 is 1.06 bits per heavy atom. The van der Waals surface area contributed by atoms with E-state index in [1.165, 1.54) is 11.1 Å². The Hall–Kier alpha value is -2.93. The number of pyridine rings is 1. The van der Waals surface area contributed by atoms with Gasteiger partial charge in [-0.2, -0.15) is 0 Å². The zero-order valence-corrected chi connectivity index (χ0v) is 20.5. The maximum absolute atomic E-state index is 14.6. The van der Waals surface area contributed by atoms with E-state index in [0.717, 1.165) is 52.4 Å². The maximum atomic E-state index is 14.6. The van der Waals surface area contributed by atoms with Crippen molar-refractivity contribution in [1.82, 2.24) is 4.98 Å². The van der Waals surface area contributed by atoms with Gasteiger partial charge in [0.2, 0.25) is 0 Å². The van der Waals surface area contributed by atoms with Crippen LogP contribution in [0, 0.1) is 5.82 Å². The zero-order valence-electron chi connectivity index (χ0n) is 19.7. The maximum Gasteiger partial charge on any atom is 0.130 e. The van der Waals surface area contributed by atoms with Crippen molar-refractivity contribution in [1.29, 1.82) is 0 Å². The Balaban J connectivity index is 1.26. The van der Waals surface area contributed by atoms with Crippen molar-refractivity contribution in [2.45, 2.75) is 41.1 Å². The van der Waals surface area contributed by atoms with Crippen LogP contribution in [0.3, 0.4) is 0 Å². The topological polar surface area (TPSA) is 40.6 Å². The summed E-state index contributed by atoms with van der Waals surface area (Å²) in [5.74, 6) is 0.627. The molecule has 0 radical (unpaired) electrons. The number of ether oxygens (including phenoxy) is 3. The van der Waals surface area contributed by atoms with Crippen LogP contribution in [0.2, 0.25) is 0 Å². The second-order valence-electron chi connectivity index (χ2n) is 8.73. The van der Waals surface area contributed by atoms with Gasteiger partial charge < -0.3 is 14.2 Å². The van der Waals surface area contributed by atoms with Crippen molar-refractivity contribution in [3.05, 3.63) is 107 Å². The van der Waals surface area contributed by atoms with Crippen molar-refractivity contribution >= 4 is 17.5 Å². The molecule has 2 heterocycles. The van der Waals surface area contributed by atoms with E-state index in [0.29, 0.717) is 13.2 Å². The minimum absolute atomic E-state index is 0.245. The number of nitrogens with zero attached hydrogens (tertiary/aromatic N) is 1.